The van der Waals surface area contributed by atoms with Crippen molar-refractivity contribution in [3.8, 4) is 5.75 Å². The highest BCUT2D eigenvalue weighted by Crippen LogP contribution is 2.34. The van der Waals surface area contributed by atoms with Gasteiger partial charge in [-0.05, 0) is 18.2 Å². The van der Waals surface area contributed by atoms with Gasteiger partial charge in [0.15, 0.2) is 5.75 Å². The fraction of sp³-hybridized carbons (Fsp3) is 0. The number of azo groups is 1. The number of aromatic nitrogens is 1. The third kappa shape index (κ3) is 2.67. The fourth-order valence-electron chi connectivity index (χ4n) is 2.36. The van der Waals surface area contributed by atoms with Gasteiger partial charge in [0.2, 0.25) is 10.8 Å². The van der Waals surface area contributed by atoms with Gasteiger partial charge in [-0.25, -0.2) is 9.78 Å². The summed E-state index contributed by atoms with van der Waals surface area (Å²) in [5.74, 6) is -0.336. The molecule has 0 amide bonds. The van der Waals surface area contributed by atoms with Gasteiger partial charge in [0.1, 0.15) is 5.58 Å². The fourth-order valence-corrected chi connectivity index (χ4v) is 3.18. The van der Waals surface area contributed by atoms with Gasteiger partial charge in [0.05, 0.1) is 20.5 Å². The predicted octanol–water partition coefficient (Wildman–Crippen LogP) is 4.43. The molecule has 4 rings (SSSR count). The van der Waals surface area contributed by atoms with Crippen molar-refractivity contribution in [2.24, 2.45) is 10.2 Å². The van der Waals surface area contributed by atoms with E-state index in [1.165, 1.54) is 18.2 Å². The normalized spacial score (nSPS) is 11.5. The lowest BCUT2D eigenvalue weighted by atomic mass is 10.2. The number of hydrogen-bond donors (Lipinski definition) is 1. The quantitative estimate of drug-likeness (QED) is 0.246. The highest BCUT2D eigenvalue weighted by atomic mass is 32.1. The van der Waals surface area contributed by atoms with E-state index < -0.39 is 10.5 Å². The Bertz CT molecular complexity index is 1260. The standard InChI is InChI=1S/C16H8N4O5S/c21-14-9-3-1-2-4-11(9)25-15(22)13(14)18-19-16-17-10-6-5-8(20(23)24)7-12(10)26-16/h1-7,21H. The first-order chi connectivity index (χ1) is 12.5. The van der Waals surface area contributed by atoms with Crippen LogP contribution in [0.25, 0.3) is 21.2 Å². The Balaban J connectivity index is 1.76. The van der Waals surface area contributed by atoms with Crippen LogP contribution in [0.3, 0.4) is 0 Å². The minimum atomic E-state index is -0.832. The molecule has 0 fully saturated rings. The van der Waals surface area contributed by atoms with Gasteiger partial charge < -0.3 is 9.52 Å². The van der Waals surface area contributed by atoms with E-state index >= 15 is 0 Å². The third-order valence-corrected chi connectivity index (χ3v) is 4.47. The number of nitro benzene ring substituents is 1. The van der Waals surface area contributed by atoms with Crippen molar-refractivity contribution < 1.29 is 14.4 Å². The molecule has 0 unspecified atom stereocenters. The molecule has 0 bridgehead atoms. The molecule has 0 saturated heterocycles. The van der Waals surface area contributed by atoms with Crippen LogP contribution < -0.4 is 5.63 Å². The zero-order valence-electron chi connectivity index (χ0n) is 12.8. The molecule has 0 aliphatic carbocycles. The Morgan fingerprint density at radius 2 is 2.00 bits per heavy atom. The van der Waals surface area contributed by atoms with Crippen LogP contribution in [0.5, 0.6) is 5.75 Å². The highest BCUT2D eigenvalue weighted by Gasteiger charge is 2.14. The summed E-state index contributed by atoms with van der Waals surface area (Å²) < 4.78 is 5.66. The van der Waals surface area contributed by atoms with Crippen LogP contribution in [0.2, 0.25) is 0 Å². The van der Waals surface area contributed by atoms with Crippen LogP contribution in [-0.2, 0) is 0 Å². The van der Waals surface area contributed by atoms with E-state index in [9.17, 15) is 20.0 Å². The zero-order chi connectivity index (χ0) is 18.3. The summed E-state index contributed by atoms with van der Waals surface area (Å²) >= 11 is 1.07. The molecular formula is C16H8N4O5S. The van der Waals surface area contributed by atoms with E-state index in [4.69, 9.17) is 4.42 Å². The van der Waals surface area contributed by atoms with Crippen molar-refractivity contribution in [1.29, 1.82) is 0 Å². The maximum Gasteiger partial charge on any atom is 0.368 e. The molecule has 1 N–H and O–H groups in total. The van der Waals surface area contributed by atoms with Gasteiger partial charge in [0, 0.05) is 12.1 Å². The molecule has 2 heterocycles. The highest BCUT2D eigenvalue weighted by molar-refractivity contribution is 7.21. The molecular weight excluding hydrogens is 360 g/mol. The summed E-state index contributed by atoms with van der Waals surface area (Å²) in [4.78, 5) is 26.5. The van der Waals surface area contributed by atoms with Crippen LogP contribution in [0.4, 0.5) is 16.5 Å². The van der Waals surface area contributed by atoms with Crippen LogP contribution in [0.15, 0.2) is 61.9 Å². The number of nitrogens with zero attached hydrogens (tertiary/aromatic N) is 4. The number of thiazole rings is 1. The lowest BCUT2D eigenvalue weighted by Crippen LogP contribution is -1.98. The number of non-ortho nitro benzene ring substituents is 1. The second-order valence-electron chi connectivity index (χ2n) is 5.19. The van der Waals surface area contributed by atoms with Gasteiger partial charge in [0.25, 0.3) is 5.69 Å². The van der Waals surface area contributed by atoms with E-state index in [1.807, 2.05) is 0 Å². The van der Waals surface area contributed by atoms with Crippen molar-refractivity contribution in [3.05, 3.63) is 63.0 Å². The van der Waals surface area contributed by atoms with E-state index in [2.05, 4.69) is 15.2 Å². The molecule has 0 aliphatic rings. The van der Waals surface area contributed by atoms with Gasteiger partial charge in [-0.3, -0.25) is 10.1 Å². The molecule has 0 saturated carbocycles. The summed E-state index contributed by atoms with van der Waals surface area (Å²) in [7, 11) is 0. The number of fused-ring (bicyclic) bond motifs is 2. The minimum absolute atomic E-state index is 0.0579. The summed E-state index contributed by atoms with van der Waals surface area (Å²) in [6, 6.07) is 10.7. The Kier molecular flexibility index (Phi) is 3.66. The number of hydrogen-bond acceptors (Lipinski definition) is 9. The Labute approximate surface area is 148 Å². The maximum atomic E-state index is 12.0. The first-order valence-electron chi connectivity index (χ1n) is 7.24. The number of rotatable bonds is 3. The Morgan fingerprint density at radius 1 is 1.19 bits per heavy atom. The number of para-hydroxylation sites is 1. The molecule has 10 heteroatoms. The predicted molar refractivity (Wildman–Crippen MR) is 94.6 cm³/mol. The number of nitro groups is 1. The summed E-state index contributed by atoms with van der Waals surface area (Å²) in [5, 5.41) is 29.2. The molecule has 128 valence electrons. The SMILES string of the molecule is O=c1oc2ccccc2c(O)c1N=Nc1nc2ccc([N+](=O)[O-])cc2s1. The zero-order valence-corrected chi connectivity index (χ0v) is 13.6. The van der Waals surface area contributed by atoms with Crippen LogP contribution >= 0.6 is 11.3 Å². The van der Waals surface area contributed by atoms with E-state index in [0.29, 0.717) is 15.6 Å². The lowest BCUT2D eigenvalue weighted by molar-refractivity contribution is -0.384. The van der Waals surface area contributed by atoms with Crippen molar-refractivity contribution in [1.82, 2.24) is 4.98 Å². The molecule has 0 atom stereocenters. The number of aromatic hydroxyl groups is 1. The number of benzene rings is 2. The molecule has 0 spiro atoms. The molecule has 0 radical (unpaired) electrons. The summed E-state index contributed by atoms with van der Waals surface area (Å²) in [6.07, 6.45) is 0. The Morgan fingerprint density at radius 3 is 2.81 bits per heavy atom. The molecule has 2 aromatic heterocycles. The van der Waals surface area contributed by atoms with Crippen LogP contribution in [0, 0.1) is 10.1 Å². The third-order valence-electron chi connectivity index (χ3n) is 3.57. The van der Waals surface area contributed by atoms with E-state index in [1.54, 1.807) is 24.3 Å². The molecule has 9 nitrogen and oxygen atoms in total. The van der Waals surface area contributed by atoms with Gasteiger partial charge in [-0.2, -0.15) is 0 Å². The molecule has 26 heavy (non-hydrogen) atoms. The second kappa shape index (κ2) is 6.01. The average molecular weight is 368 g/mol. The second-order valence-corrected chi connectivity index (χ2v) is 6.20. The van der Waals surface area contributed by atoms with Crippen molar-refractivity contribution in [2.45, 2.75) is 0 Å². The van der Waals surface area contributed by atoms with E-state index in [0.717, 1.165) is 11.3 Å². The smallest absolute Gasteiger partial charge is 0.368 e. The van der Waals surface area contributed by atoms with Crippen molar-refractivity contribution in [3.63, 3.8) is 0 Å². The average Bonchev–Trinajstić information content (AvgIpc) is 3.03. The molecule has 0 aliphatic heterocycles. The first-order valence-corrected chi connectivity index (χ1v) is 8.06. The maximum absolute atomic E-state index is 12.0. The van der Waals surface area contributed by atoms with Crippen LogP contribution in [-0.4, -0.2) is 15.0 Å². The first kappa shape index (κ1) is 15.8. The van der Waals surface area contributed by atoms with Crippen LogP contribution in [0.1, 0.15) is 0 Å². The molecule has 4 aromatic rings. The van der Waals surface area contributed by atoms with Gasteiger partial charge >= 0.3 is 5.63 Å². The van der Waals surface area contributed by atoms with Gasteiger partial charge in [-0.1, -0.05) is 23.5 Å². The summed E-state index contributed by atoms with van der Waals surface area (Å²) in [6.45, 7) is 0. The largest absolute Gasteiger partial charge is 0.505 e. The summed E-state index contributed by atoms with van der Waals surface area (Å²) in [5.41, 5.74) is -0.473. The van der Waals surface area contributed by atoms with Gasteiger partial charge in [-0.15, -0.1) is 10.2 Å². The van der Waals surface area contributed by atoms with Crippen molar-refractivity contribution in [2.75, 3.05) is 0 Å². The molecule has 2 aromatic carbocycles. The van der Waals surface area contributed by atoms with Crippen molar-refractivity contribution >= 4 is 49.0 Å². The monoisotopic (exact) mass is 368 g/mol. The minimum Gasteiger partial charge on any atom is -0.505 e. The topological polar surface area (TPSA) is 131 Å². The lowest BCUT2D eigenvalue weighted by Gasteiger charge is -2.00. The Hall–Kier alpha value is -3.66. The van der Waals surface area contributed by atoms with E-state index in [-0.39, 0.29) is 27.8 Å².